The maximum atomic E-state index is 12.0. The van der Waals surface area contributed by atoms with Crippen molar-refractivity contribution in [1.82, 2.24) is 0 Å². The van der Waals surface area contributed by atoms with Crippen molar-refractivity contribution in [2.24, 2.45) is 11.8 Å². The minimum absolute atomic E-state index is 0.0597. The van der Waals surface area contributed by atoms with Gasteiger partial charge in [0, 0.05) is 0 Å². The molecule has 98 valence electrons. The number of carbonyl (C=O) groups is 2. The standard InChI is InChI=1S/C14H18O4/c1-14(9-5-4-8-11(14)12(15)16)18-13(17)10-6-2-3-7-10/h4-5,8-11H,2-3,6-7H2,1H3,(H,15,16). The van der Waals surface area contributed by atoms with Crippen LogP contribution in [0, 0.1) is 11.8 Å². The number of esters is 1. The lowest BCUT2D eigenvalue weighted by Gasteiger charge is -2.33. The van der Waals surface area contributed by atoms with Gasteiger partial charge in [0.15, 0.2) is 0 Å². The van der Waals surface area contributed by atoms with Gasteiger partial charge >= 0.3 is 11.9 Å². The van der Waals surface area contributed by atoms with Crippen LogP contribution in [0.3, 0.4) is 0 Å². The van der Waals surface area contributed by atoms with Gasteiger partial charge in [0.05, 0.1) is 5.92 Å². The number of carboxylic acid groups (broad SMARTS) is 1. The highest BCUT2D eigenvalue weighted by molar-refractivity contribution is 5.78. The summed E-state index contributed by atoms with van der Waals surface area (Å²) in [5, 5.41) is 9.18. The van der Waals surface area contributed by atoms with E-state index in [1.165, 1.54) is 0 Å². The van der Waals surface area contributed by atoms with Gasteiger partial charge in [-0.3, -0.25) is 9.59 Å². The van der Waals surface area contributed by atoms with Crippen molar-refractivity contribution in [3.05, 3.63) is 24.3 Å². The largest absolute Gasteiger partial charge is 0.481 e. The molecule has 4 nitrogen and oxygen atoms in total. The van der Waals surface area contributed by atoms with E-state index in [1.807, 2.05) is 0 Å². The minimum atomic E-state index is -1.07. The molecule has 0 radical (unpaired) electrons. The fraction of sp³-hybridized carbons (Fsp3) is 0.571. The molecule has 4 heteroatoms. The molecular weight excluding hydrogens is 232 g/mol. The number of aliphatic carboxylic acids is 1. The molecule has 18 heavy (non-hydrogen) atoms. The molecule has 0 saturated heterocycles. The van der Waals surface area contributed by atoms with Gasteiger partial charge in [-0.1, -0.05) is 31.1 Å². The molecule has 1 N–H and O–H groups in total. The molecule has 1 saturated carbocycles. The van der Waals surface area contributed by atoms with E-state index in [2.05, 4.69) is 0 Å². The van der Waals surface area contributed by atoms with Crippen LogP contribution in [-0.4, -0.2) is 22.6 Å². The lowest BCUT2D eigenvalue weighted by Crippen LogP contribution is -2.43. The van der Waals surface area contributed by atoms with E-state index < -0.39 is 17.5 Å². The Bertz CT molecular complexity index is 404. The number of carbonyl (C=O) groups excluding carboxylic acids is 1. The van der Waals surface area contributed by atoms with Gasteiger partial charge in [-0.25, -0.2) is 0 Å². The molecule has 0 bridgehead atoms. The maximum Gasteiger partial charge on any atom is 0.314 e. The first-order valence-corrected chi connectivity index (χ1v) is 6.34. The molecule has 2 aliphatic carbocycles. The molecule has 0 heterocycles. The van der Waals surface area contributed by atoms with Crippen molar-refractivity contribution in [2.75, 3.05) is 0 Å². The van der Waals surface area contributed by atoms with Crippen molar-refractivity contribution >= 4 is 11.9 Å². The molecule has 2 atom stereocenters. The normalized spacial score (nSPS) is 31.5. The topological polar surface area (TPSA) is 63.6 Å². The second-order valence-corrected chi connectivity index (χ2v) is 5.15. The summed E-state index contributed by atoms with van der Waals surface area (Å²) < 4.78 is 5.48. The molecule has 0 aliphatic heterocycles. The van der Waals surface area contributed by atoms with Crippen molar-refractivity contribution in [3.63, 3.8) is 0 Å². The number of hydrogen-bond donors (Lipinski definition) is 1. The smallest absolute Gasteiger partial charge is 0.314 e. The zero-order valence-corrected chi connectivity index (χ0v) is 10.5. The Morgan fingerprint density at radius 2 is 1.94 bits per heavy atom. The Kier molecular flexibility index (Phi) is 3.55. The van der Waals surface area contributed by atoms with Crippen LogP contribution in [0.1, 0.15) is 32.6 Å². The van der Waals surface area contributed by atoms with Crippen LogP contribution in [0.4, 0.5) is 0 Å². The molecular formula is C14H18O4. The second kappa shape index (κ2) is 4.96. The quantitative estimate of drug-likeness (QED) is 0.781. The predicted molar refractivity (Wildman–Crippen MR) is 65.9 cm³/mol. The van der Waals surface area contributed by atoms with E-state index in [0.717, 1.165) is 25.7 Å². The van der Waals surface area contributed by atoms with Crippen LogP contribution in [-0.2, 0) is 14.3 Å². The molecule has 2 unspecified atom stereocenters. The van der Waals surface area contributed by atoms with E-state index in [4.69, 9.17) is 4.74 Å². The van der Waals surface area contributed by atoms with E-state index >= 15 is 0 Å². The molecule has 0 aromatic rings. The predicted octanol–water partition coefficient (Wildman–Crippen LogP) is 2.31. The lowest BCUT2D eigenvalue weighted by atomic mass is 9.85. The molecule has 0 amide bonds. The Morgan fingerprint density at radius 3 is 2.56 bits per heavy atom. The highest BCUT2D eigenvalue weighted by Gasteiger charge is 2.41. The summed E-state index contributed by atoms with van der Waals surface area (Å²) in [6.45, 7) is 1.65. The van der Waals surface area contributed by atoms with Crippen LogP contribution in [0.5, 0.6) is 0 Å². The Labute approximate surface area is 106 Å². The summed E-state index contributed by atoms with van der Waals surface area (Å²) in [6, 6.07) is 0. The summed E-state index contributed by atoms with van der Waals surface area (Å²) >= 11 is 0. The summed E-state index contributed by atoms with van der Waals surface area (Å²) in [4.78, 5) is 23.2. The SMILES string of the molecule is CC1(OC(=O)C2CCCC2)C=CC=CC1C(=O)O. The molecule has 2 aliphatic rings. The van der Waals surface area contributed by atoms with Gasteiger partial charge in [0.2, 0.25) is 0 Å². The van der Waals surface area contributed by atoms with Gasteiger partial charge in [0.1, 0.15) is 11.5 Å². The number of carboxylic acids is 1. The summed E-state index contributed by atoms with van der Waals surface area (Å²) in [5.41, 5.74) is -1.07. The maximum absolute atomic E-state index is 12.0. The van der Waals surface area contributed by atoms with Crippen LogP contribution >= 0.6 is 0 Å². The van der Waals surface area contributed by atoms with Gasteiger partial charge in [-0.15, -0.1) is 0 Å². The minimum Gasteiger partial charge on any atom is -0.481 e. The summed E-state index contributed by atoms with van der Waals surface area (Å²) in [5.74, 6) is -2.11. The fourth-order valence-corrected chi connectivity index (χ4v) is 2.60. The van der Waals surface area contributed by atoms with Crippen LogP contribution in [0.15, 0.2) is 24.3 Å². The Hall–Kier alpha value is -1.58. The first kappa shape index (κ1) is 12.9. The van der Waals surface area contributed by atoms with Gasteiger partial charge in [-0.2, -0.15) is 0 Å². The van der Waals surface area contributed by atoms with E-state index in [-0.39, 0.29) is 11.9 Å². The Morgan fingerprint density at radius 1 is 1.28 bits per heavy atom. The highest BCUT2D eigenvalue weighted by Crippen LogP contribution is 2.32. The fourth-order valence-electron chi connectivity index (χ4n) is 2.60. The van der Waals surface area contributed by atoms with Crippen molar-refractivity contribution in [1.29, 1.82) is 0 Å². The first-order valence-electron chi connectivity index (χ1n) is 6.34. The van der Waals surface area contributed by atoms with Crippen molar-refractivity contribution < 1.29 is 19.4 Å². The number of ether oxygens (including phenoxy) is 1. The summed E-state index contributed by atoms with van der Waals surface area (Å²) in [6.07, 6.45) is 10.4. The van der Waals surface area contributed by atoms with Gasteiger partial charge < -0.3 is 9.84 Å². The Balaban J connectivity index is 2.09. The third kappa shape index (κ3) is 2.47. The van der Waals surface area contributed by atoms with E-state index in [1.54, 1.807) is 31.2 Å². The van der Waals surface area contributed by atoms with Crippen LogP contribution < -0.4 is 0 Å². The zero-order valence-electron chi connectivity index (χ0n) is 10.5. The monoisotopic (exact) mass is 250 g/mol. The van der Waals surface area contributed by atoms with Crippen molar-refractivity contribution in [2.45, 2.75) is 38.2 Å². The van der Waals surface area contributed by atoms with Gasteiger partial charge in [-0.05, 0) is 25.8 Å². The third-order valence-electron chi connectivity index (χ3n) is 3.73. The van der Waals surface area contributed by atoms with E-state index in [9.17, 15) is 14.7 Å². The second-order valence-electron chi connectivity index (χ2n) is 5.15. The molecule has 2 rings (SSSR count). The average molecular weight is 250 g/mol. The molecule has 0 aromatic carbocycles. The average Bonchev–Trinajstić information content (AvgIpc) is 2.81. The number of rotatable bonds is 3. The van der Waals surface area contributed by atoms with Crippen molar-refractivity contribution in [3.8, 4) is 0 Å². The first-order chi connectivity index (χ1) is 8.53. The molecule has 0 aromatic heterocycles. The zero-order chi connectivity index (χ0) is 13.2. The number of allylic oxidation sites excluding steroid dienone is 2. The number of hydrogen-bond acceptors (Lipinski definition) is 3. The van der Waals surface area contributed by atoms with Gasteiger partial charge in [0.25, 0.3) is 0 Å². The van der Waals surface area contributed by atoms with Crippen LogP contribution in [0.2, 0.25) is 0 Å². The molecule has 1 fully saturated rings. The lowest BCUT2D eigenvalue weighted by molar-refractivity contribution is -0.166. The van der Waals surface area contributed by atoms with Crippen LogP contribution in [0.25, 0.3) is 0 Å². The summed E-state index contributed by atoms with van der Waals surface area (Å²) in [7, 11) is 0. The van der Waals surface area contributed by atoms with E-state index in [0.29, 0.717) is 0 Å². The molecule has 0 spiro atoms. The third-order valence-corrected chi connectivity index (χ3v) is 3.73. The highest BCUT2D eigenvalue weighted by atomic mass is 16.6.